The second kappa shape index (κ2) is 6.78. The number of likely N-dealkylation sites (tertiary alicyclic amines) is 1. The molecule has 0 aromatic rings. The molecule has 1 heterocycles. The van der Waals surface area contributed by atoms with Gasteiger partial charge in [0.15, 0.2) is 0 Å². The maximum Gasteiger partial charge on any atom is 0.328 e. The maximum atomic E-state index is 12.3. The highest BCUT2D eigenvalue weighted by atomic mass is 16.3. The molecule has 4 atom stereocenters. The number of urea groups is 1. The molecule has 0 aromatic carbocycles. The highest BCUT2D eigenvalue weighted by Gasteiger charge is 2.40. The zero-order valence-electron chi connectivity index (χ0n) is 13.5. The molecule has 7 nitrogen and oxygen atoms in total. The van der Waals surface area contributed by atoms with Gasteiger partial charge in [0.2, 0.25) is 11.8 Å². The fourth-order valence-corrected chi connectivity index (χ4v) is 3.88. The fraction of sp³-hybridized carbons (Fsp3) is 0.750. The third-order valence-electron chi connectivity index (χ3n) is 4.95. The van der Waals surface area contributed by atoms with Crippen LogP contribution in [0, 0.1) is 23.7 Å². The molecule has 7 heteroatoms. The number of nitrogens with two attached hydrogens (primary N) is 1. The first kappa shape index (κ1) is 17.6. The van der Waals surface area contributed by atoms with Crippen LogP contribution in [-0.2, 0) is 14.4 Å². The number of rotatable bonds is 3. The van der Waals surface area contributed by atoms with E-state index in [0.717, 1.165) is 6.42 Å². The van der Waals surface area contributed by atoms with Gasteiger partial charge in [0, 0.05) is 24.7 Å². The molecule has 0 aromatic heterocycles. The molecule has 4 amide bonds. The van der Waals surface area contributed by atoms with Gasteiger partial charge in [0.05, 0.1) is 6.10 Å². The normalized spacial score (nSPS) is 31.3. The summed E-state index contributed by atoms with van der Waals surface area (Å²) >= 11 is 0. The molecule has 0 spiro atoms. The number of imide groups is 3. The summed E-state index contributed by atoms with van der Waals surface area (Å²) in [5, 5.41) is 10.4. The number of amides is 4. The lowest BCUT2D eigenvalue weighted by Gasteiger charge is -2.35. The summed E-state index contributed by atoms with van der Waals surface area (Å²) < 4.78 is 0. The summed E-state index contributed by atoms with van der Waals surface area (Å²) in [7, 11) is 0. The van der Waals surface area contributed by atoms with E-state index in [1.165, 1.54) is 0 Å². The largest absolute Gasteiger partial charge is 0.392 e. The van der Waals surface area contributed by atoms with Gasteiger partial charge in [-0.25, -0.2) is 9.69 Å². The first-order chi connectivity index (χ1) is 10.7. The first-order valence-electron chi connectivity index (χ1n) is 8.07. The smallest absolute Gasteiger partial charge is 0.328 e. The molecular formula is C16H24N2O5. The van der Waals surface area contributed by atoms with Gasteiger partial charge >= 0.3 is 6.03 Å². The Morgan fingerprint density at radius 2 is 1.78 bits per heavy atom. The monoisotopic (exact) mass is 324 g/mol. The number of hydrogen-bond donors (Lipinski definition) is 2. The molecule has 1 aliphatic heterocycles. The molecule has 2 fully saturated rings. The molecule has 23 heavy (non-hydrogen) atoms. The fourth-order valence-electron chi connectivity index (χ4n) is 3.88. The molecule has 1 aliphatic carbocycles. The van der Waals surface area contributed by atoms with Crippen molar-refractivity contribution in [3.05, 3.63) is 0 Å². The van der Waals surface area contributed by atoms with E-state index in [0.29, 0.717) is 17.2 Å². The van der Waals surface area contributed by atoms with Crippen LogP contribution < -0.4 is 5.73 Å². The SMILES string of the molecule is CC1CC(C)C(=O)C(C(O)CC2CC(=O)N(C(N)=O)C(=O)C2)C1. The van der Waals surface area contributed by atoms with Gasteiger partial charge in [0.25, 0.3) is 0 Å². The van der Waals surface area contributed by atoms with E-state index < -0.39 is 29.9 Å². The Kier molecular flexibility index (Phi) is 5.19. The minimum atomic E-state index is -1.07. The number of ketones is 1. The van der Waals surface area contributed by atoms with Crippen LogP contribution in [0.15, 0.2) is 0 Å². The highest BCUT2D eigenvalue weighted by Crippen LogP contribution is 2.35. The third-order valence-corrected chi connectivity index (χ3v) is 4.95. The van der Waals surface area contributed by atoms with Crippen molar-refractivity contribution in [3.8, 4) is 0 Å². The number of carbonyl (C=O) groups is 4. The van der Waals surface area contributed by atoms with Crippen LogP contribution in [0.3, 0.4) is 0 Å². The zero-order chi connectivity index (χ0) is 17.3. The average Bonchev–Trinajstić information content (AvgIpc) is 2.41. The van der Waals surface area contributed by atoms with E-state index in [4.69, 9.17) is 5.73 Å². The predicted molar refractivity (Wildman–Crippen MR) is 80.8 cm³/mol. The number of hydrogen-bond acceptors (Lipinski definition) is 5. The minimum Gasteiger partial charge on any atom is -0.392 e. The van der Waals surface area contributed by atoms with Gasteiger partial charge < -0.3 is 10.8 Å². The van der Waals surface area contributed by atoms with Crippen molar-refractivity contribution < 1.29 is 24.3 Å². The Hall–Kier alpha value is -1.76. The molecule has 3 N–H and O–H groups in total. The lowest BCUT2D eigenvalue weighted by molar-refractivity contribution is -0.146. The topological polar surface area (TPSA) is 118 Å². The van der Waals surface area contributed by atoms with Crippen molar-refractivity contribution in [3.63, 3.8) is 0 Å². The number of piperidine rings is 1. The average molecular weight is 324 g/mol. The van der Waals surface area contributed by atoms with Crippen molar-refractivity contribution in [2.75, 3.05) is 0 Å². The Labute approximate surface area is 135 Å². The van der Waals surface area contributed by atoms with Crippen LogP contribution in [0.4, 0.5) is 4.79 Å². The van der Waals surface area contributed by atoms with Crippen LogP contribution in [0.2, 0.25) is 0 Å². The van der Waals surface area contributed by atoms with Crippen molar-refractivity contribution in [2.24, 2.45) is 29.4 Å². The van der Waals surface area contributed by atoms with E-state index in [1.54, 1.807) is 0 Å². The predicted octanol–water partition coefficient (Wildman–Crippen LogP) is 0.833. The summed E-state index contributed by atoms with van der Waals surface area (Å²) in [5.74, 6) is -1.72. The van der Waals surface area contributed by atoms with Gasteiger partial charge in [-0.15, -0.1) is 0 Å². The van der Waals surface area contributed by atoms with Crippen LogP contribution >= 0.6 is 0 Å². The Morgan fingerprint density at radius 1 is 1.22 bits per heavy atom. The molecule has 2 aliphatic rings. The maximum absolute atomic E-state index is 12.3. The Morgan fingerprint density at radius 3 is 2.30 bits per heavy atom. The number of aliphatic hydroxyl groups is 1. The number of primary amides is 1. The molecule has 1 saturated heterocycles. The summed E-state index contributed by atoms with van der Waals surface area (Å²) in [5.41, 5.74) is 5.01. The third kappa shape index (κ3) is 3.77. The molecular weight excluding hydrogens is 300 g/mol. The van der Waals surface area contributed by atoms with Gasteiger partial charge in [-0.3, -0.25) is 14.4 Å². The molecule has 4 unspecified atom stereocenters. The van der Waals surface area contributed by atoms with Crippen molar-refractivity contribution >= 4 is 23.6 Å². The summed E-state index contributed by atoms with van der Waals surface area (Å²) in [4.78, 5) is 47.5. The Bertz CT molecular complexity index is 515. The van der Waals surface area contributed by atoms with Crippen LogP contribution in [-0.4, -0.2) is 39.7 Å². The molecule has 128 valence electrons. The van der Waals surface area contributed by atoms with E-state index >= 15 is 0 Å². The van der Waals surface area contributed by atoms with Crippen molar-refractivity contribution in [1.29, 1.82) is 0 Å². The first-order valence-corrected chi connectivity index (χ1v) is 8.07. The van der Waals surface area contributed by atoms with Crippen LogP contribution in [0.1, 0.15) is 46.0 Å². The summed E-state index contributed by atoms with van der Waals surface area (Å²) in [6.07, 6.45) is 0.774. The number of nitrogens with zero attached hydrogens (tertiary/aromatic N) is 1. The second-order valence-corrected chi connectivity index (χ2v) is 7.02. The van der Waals surface area contributed by atoms with Crippen LogP contribution in [0.5, 0.6) is 0 Å². The molecule has 0 radical (unpaired) electrons. The highest BCUT2D eigenvalue weighted by molar-refractivity contribution is 6.11. The molecule has 1 saturated carbocycles. The van der Waals surface area contributed by atoms with Crippen LogP contribution in [0.25, 0.3) is 0 Å². The number of carbonyl (C=O) groups excluding carboxylic acids is 4. The minimum absolute atomic E-state index is 0.0161. The number of Topliss-reactive ketones (excluding diaryl/α,β-unsaturated/α-hetero) is 1. The molecule has 0 bridgehead atoms. The Balaban J connectivity index is 1.99. The van der Waals surface area contributed by atoms with Gasteiger partial charge in [-0.05, 0) is 31.1 Å². The number of aliphatic hydroxyl groups excluding tert-OH is 1. The second-order valence-electron chi connectivity index (χ2n) is 7.02. The zero-order valence-corrected chi connectivity index (χ0v) is 13.5. The van der Waals surface area contributed by atoms with E-state index in [1.807, 2.05) is 6.92 Å². The van der Waals surface area contributed by atoms with E-state index in [-0.39, 0.29) is 36.9 Å². The van der Waals surface area contributed by atoms with Crippen molar-refractivity contribution in [2.45, 2.75) is 52.1 Å². The standard InChI is InChI=1S/C16H24N2O5/c1-8-3-9(2)15(22)11(4-8)12(19)5-10-6-13(20)18(16(17)23)14(21)7-10/h8-12,19H,3-7H2,1-2H3,(H2,17,23). The summed E-state index contributed by atoms with van der Waals surface area (Å²) in [6, 6.07) is -1.07. The van der Waals surface area contributed by atoms with Gasteiger partial charge in [-0.1, -0.05) is 13.8 Å². The summed E-state index contributed by atoms with van der Waals surface area (Å²) in [6.45, 7) is 3.93. The molecule has 2 rings (SSSR count). The van der Waals surface area contributed by atoms with Crippen molar-refractivity contribution in [1.82, 2.24) is 4.90 Å². The van der Waals surface area contributed by atoms with Gasteiger partial charge in [0.1, 0.15) is 5.78 Å². The lowest BCUT2D eigenvalue weighted by Crippen LogP contribution is -2.50. The van der Waals surface area contributed by atoms with E-state index in [2.05, 4.69) is 6.92 Å². The lowest BCUT2D eigenvalue weighted by atomic mass is 9.71. The van der Waals surface area contributed by atoms with Gasteiger partial charge in [-0.2, -0.15) is 0 Å². The van der Waals surface area contributed by atoms with E-state index in [9.17, 15) is 24.3 Å². The quantitative estimate of drug-likeness (QED) is 0.746.